The van der Waals surface area contributed by atoms with Gasteiger partial charge in [0.1, 0.15) is 11.6 Å². The Bertz CT molecular complexity index is 532. The molecule has 0 bridgehead atoms. The highest BCUT2D eigenvalue weighted by Crippen LogP contribution is 2.18. The molecule has 2 aromatic rings. The summed E-state index contributed by atoms with van der Waals surface area (Å²) in [6.07, 6.45) is 5.73. The maximum atomic E-state index is 5.48. The van der Waals surface area contributed by atoms with Crippen molar-refractivity contribution >= 4 is 0 Å². The molecule has 0 spiro atoms. The van der Waals surface area contributed by atoms with Gasteiger partial charge in [0.2, 0.25) is 0 Å². The third kappa shape index (κ3) is 3.11. The van der Waals surface area contributed by atoms with Crippen molar-refractivity contribution in [2.45, 2.75) is 19.6 Å². The fraction of sp³-hybridized carbons (Fsp3) is 0.533. The van der Waals surface area contributed by atoms with Gasteiger partial charge in [-0.05, 0) is 26.2 Å². The van der Waals surface area contributed by atoms with Crippen LogP contribution in [0.2, 0.25) is 0 Å². The first-order valence-electron chi connectivity index (χ1n) is 7.10. The van der Waals surface area contributed by atoms with E-state index in [2.05, 4.69) is 39.6 Å². The van der Waals surface area contributed by atoms with Crippen LogP contribution in [0.1, 0.15) is 11.6 Å². The van der Waals surface area contributed by atoms with Gasteiger partial charge in [0.05, 0.1) is 19.4 Å². The first-order chi connectivity index (χ1) is 9.70. The van der Waals surface area contributed by atoms with E-state index in [4.69, 9.17) is 4.42 Å². The van der Waals surface area contributed by atoms with Crippen molar-refractivity contribution < 1.29 is 4.42 Å². The van der Waals surface area contributed by atoms with E-state index in [9.17, 15) is 0 Å². The van der Waals surface area contributed by atoms with Crippen LogP contribution >= 0.6 is 0 Å². The molecule has 0 fully saturated rings. The fourth-order valence-corrected chi connectivity index (χ4v) is 3.00. The zero-order valence-electron chi connectivity index (χ0n) is 12.2. The zero-order valence-corrected chi connectivity index (χ0v) is 12.2. The Morgan fingerprint density at radius 3 is 3.05 bits per heavy atom. The quantitative estimate of drug-likeness (QED) is 0.850. The van der Waals surface area contributed by atoms with Crippen molar-refractivity contribution in [3.8, 4) is 0 Å². The molecule has 0 radical (unpaired) electrons. The Labute approximate surface area is 119 Å². The molecule has 0 saturated heterocycles. The van der Waals surface area contributed by atoms with E-state index in [0.717, 1.165) is 44.3 Å². The second kappa shape index (κ2) is 5.81. The molecule has 0 amide bonds. The van der Waals surface area contributed by atoms with Gasteiger partial charge in [0.25, 0.3) is 0 Å². The van der Waals surface area contributed by atoms with Crippen LogP contribution in [0.3, 0.4) is 0 Å². The minimum Gasteiger partial charge on any atom is -0.468 e. The van der Waals surface area contributed by atoms with Crippen molar-refractivity contribution in [2.24, 2.45) is 5.92 Å². The van der Waals surface area contributed by atoms with Crippen LogP contribution in [-0.4, -0.2) is 46.5 Å². The number of furan rings is 1. The van der Waals surface area contributed by atoms with E-state index >= 15 is 0 Å². The molecule has 108 valence electrons. The smallest absolute Gasteiger partial charge is 0.122 e. The molecule has 0 aliphatic carbocycles. The van der Waals surface area contributed by atoms with Gasteiger partial charge in [-0.1, -0.05) is 0 Å². The van der Waals surface area contributed by atoms with Gasteiger partial charge in [-0.2, -0.15) is 0 Å². The first-order valence-corrected chi connectivity index (χ1v) is 7.10. The van der Waals surface area contributed by atoms with Gasteiger partial charge in [0, 0.05) is 37.9 Å². The molecule has 0 saturated carbocycles. The topological polar surface area (TPSA) is 37.4 Å². The molecule has 2 aromatic heterocycles. The van der Waals surface area contributed by atoms with E-state index < -0.39 is 0 Å². The predicted molar refractivity (Wildman–Crippen MR) is 77.1 cm³/mol. The summed E-state index contributed by atoms with van der Waals surface area (Å²) in [6.45, 7) is 4.94. The lowest BCUT2D eigenvalue weighted by atomic mass is 10.1. The van der Waals surface area contributed by atoms with E-state index in [1.165, 1.54) is 0 Å². The highest BCUT2D eigenvalue weighted by molar-refractivity contribution is 5.01. The summed E-state index contributed by atoms with van der Waals surface area (Å²) in [7, 11) is 4.27. The molecule has 0 N–H and O–H groups in total. The Kier molecular flexibility index (Phi) is 3.89. The van der Waals surface area contributed by atoms with E-state index in [1.807, 2.05) is 18.3 Å². The maximum absolute atomic E-state index is 5.48. The highest BCUT2D eigenvalue weighted by Gasteiger charge is 2.23. The summed E-state index contributed by atoms with van der Waals surface area (Å²) in [5.74, 6) is 2.78. The molecule has 0 aromatic carbocycles. The molecule has 1 aliphatic heterocycles. The number of hydrogen-bond donors (Lipinski definition) is 0. The van der Waals surface area contributed by atoms with Crippen molar-refractivity contribution in [2.75, 3.05) is 27.2 Å². The van der Waals surface area contributed by atoms with Crippen molar-refractivity contribution in [1.29, 1.82) is 0 Å². The van der Waals surface area contributed by atoms with E-state index in [0.29, 0.717) is 5.92 Å². The molecular weight excluding hydrogens is 252 g/mol. The summed E-state index contributed by atoms with van der Waals surface area (Å²) in [4.78, 5) is 9.18. The molecule has 5 nitrogen and oxygen atoms in total. The molecule has 1 atom stereocenters. The normalized spacial score (nSPS) is 20.1. The van der Waals surface area contributed by atoms with Gasteiger partial charge in [-0.3, -0.25) is 4.90 Å². The molecule has 20 heavy (non-hydrogen) atoms. The predicted octanol–water partition coefficient (Wildman–Crippen LogP) is 1.67. The third-order valence-corrected chi connectivity index (χ3v) is 3.72. The molecular formula is C15H22N4O. The highest BCUT2D eigenvalue weighted by atomic mass is 16.3. The Morgan fingerprint density at radius 1 is 1.40 bits per heavy atom. The lowest BCUT2D eigenvalue weighted by Gasteiger charge is -2.25. The Hall–Kier alpha value is -1.59. The number of rotatable bonds is 4. The number of fused-ring (bicyclic) bond motifs is 1. The lowest BCUT2D eigenvalue weighted by molar-refractivity contribution is 0.183. The third-order valence-electron chi connectivity index (χ3n) is 3.72. The summed E-state index contributed by atoms with van der Waals surface area (Å²) < 4.78 is 7.77. The monoisotopic (exact) mass is 274 g/mol. The summed E-state index contributed by atoms with van der Waals surface area (Å²) in [5.41, 5.74) is 0. The minimum absolute atomic E-state index is 0.607. The van der Waals surface area contributed by atoms with Crippen molar-refractivity contribution in [1.82, 2.24) is 19.4 Å². The van der Waals surface area contributed by atoms with Crippen LogP contribution in [0.5, 0.6) is 0 Å². The van der Waals surface area contributed by atoms with E-state index in [1.54, 1.807) is 6.26 Å². The van der Waals surface area contributed by atoms with Gasteiger partial charge < -0.3 is 13.9 Å². The summed E-state index contributed by atoms with van der Waals surface area (Å²) in [6, 6.07) is 3.99. The maximum Gasteiger partial charge on any atom is 0.122 e. The molecule has 3 heterocycles. The van der Waals surface area contributed by atoms with Crippen molar-refractivity contribution in [3.63, 3.8) is 0 Å². The first kappa shape index (κ1) is 13.4. The summed E-state index contributed by atoms with van der Waals surface area (Å²) in [5, 5.41) is 0. The molecule has 3 rings (SSSR count). The van der Waals surface area contributed by atoms with Gasteiger partial charge in [0.15, 0.2) is 0 Å². The Balaban J connectivity index is 1.76. The average molecular weight is 274 g/mol. The Morgan fingerprint density at radius 2 is 2.30 bits per heavy atom. The number of nitrogens with zero attached hydrogens (tertiary/aromatic N) is 4. The number of hydrogen-bond acceptors (Lipinski definition) is 4. The average Bonchev–Trinajstić information content (AvgIpc) is 2.99. The van der Waals surface area contributed by atoms with Crippen LogP contribution in [0.4, 0.5) is 0 Å². The second-order valence-corrected chi connectivity index (χ2v) is 5.87. The lowest BCUT2D eigenvalue weighted by Crippen LogP contribution is -2.33. The van der Waals surface area contributed by atoms with E-state index in [-0.39, 0.29) is 0 Å². The molecule has 5 heteroatoms. The standard InChI is InChI=1S/C15H22N4O/c1-17(2)8-13-9-18(11-14-4-3-7-20-14)12-15-16-5-6-19(15)10-13/h3-7,13H,8-12H2,1-2H3/t13-/m0/s1. The van der Waals surface area contributed by atoms with Crippen LogP contribution in [-0.2, 0) is 19.6 Å². The van der Waals surface area contributed by atoms with Crippen LogP contribution in [0, 0.1) is 5.92 Å². The van der Waals surface area contributed by atoms with Crippen LogP contribution in [0.15, 0.2) is 35.2 Å². The van der Waals surface area contributed by atoms with Gasteiger partial charge >= 0.3 is 0 Å². The zero-order chi connectivity index (χ0) is 13.9. The number of imidazole rings is 1. The second-order valence-electron chi connectivity index (χ2n) is 5.87. The summed E-state index contributed by atoms with van der Waals surface area (Å²) >= 11 is 0. The van der Waals surface area contributed by atoms with Crippen LogP contribution in [0.25, 0.3) is 0 Å². The SMILES string of the molecule is CN(C)C[C@H]1CN(Cc2ccco2)Cc2nccn2C1. The van der Waals surface area contributed by atoms with Crippen molar-refractivity contribution in [3.05, 3.63) is 42.4 Å². The fourth-order valence-electron chi connectivity index (χ4n) is 3.00. The molecule has 1 aliphatic rings. The van der Waals surface area contributed by atoms with Crippen LogP contribution < -0.4 is 0 Å². The minimum atomic E-state index is 0.607. The van der Waals surface area contributed by atoms with Gasteiger partial charge in [-0.25, -0.2) is 4.98 Å². The number of aromatic nitrogens is 2. The van der Waals surface area contributed by atoms with Gasteiger partial charge in [-0.15, -0.1) is 0 Å². The molecule has 0 unspecified atom stereocenters. The largest absolute Gasteiger partial charge is 0.468 e.